The number of aromatic nitrogens is 1. The number of aryl methyl sites for hydroxylation is 1. The second kappa shape index (κ2) is 6.09. The van der Waals surface area contributed by atoms with Crippen LogP contribution in [-0.2, 0) is 29.2 Å². The third-order valence-electron chi connectivity index (χ3n) is 2.92. The fourth-order valence-corrected chi connectivity index (χ4v) is 3.14. The molecule has 0 aliphatic carbocycles. The summed E-state index contributed by atoms with van der Waals surface area (Å²) in [6, 6.07) is 7.06. The molecule has 1 heterocycles. The number of benzene rings is 1. The van der Waals surface area contributed by atoms with Crippen LogP contribution in [0.25, 0.3) is 0 Å². The van der Waals surface area contributed by atoms with Gasteiger partial charge < -0.3 is 4.52 Å². The van der Waals surface area contributed by atoms with Crippen molar-refractivity contribution in [2.24, 2.45) is 0 Å². The van der Waals surface area contributed by atoms with Crippen LogP contribution in [0.4, 0.5) is 13.2 Å². The van der Waals surface area contributed by atoms with E-state index in [1.807, 2.05) is 6.92 Å². The molecule has 0 radical (unpaired) electrons. The Balaban J connectivity index is 2.15. The highest BCUT2D eigenvalue weighted by molar-refractivity contribution is 7.89. The number of halogens is 3. The SMILES string of the molecule is CCc1ccccc1S(=O)(=O)NCc1cc(C(F)(F)F)on1. The van der Waals surface area contributed by atoms with Crippen LogP contribution in [0, 0.1) is 0 Å². The van der Waals surface area contributed by atoms with Gasteiger partial charge in [-0.25, -0.2) is 13.1 Å². The zero-order valence-electron chi connectivity index (χ0n) is 11.5. The van der Waals surface area contributed by atoms with Crippen molar-refractivity contribution in [1.82, 2.24) is 9.88 Å². The first-order valence-corrected chi connectivity index (χ1v) is 7.82. The van der Waals surface area contributed by atoms with Crippen molar-refractivity contribution in [3.8, 4) is 0 Å². The number of hydrogen-bond acceptors (Lipinski definition) is 4. The van der Waals surface area contributed by atoms with Crippen LogP contribution in [0.1, 0.15) is 23.9 Å². The molecule has 2 aromatic rings. The van der Waals surface area contributed by atoms with Gasteiger partial charge in [-0.15, -0.1) is 0 Å². The first-order chi connectivity index (χ1) is 10.2. The van der Waals surface area contributed by atoms with Crippen LogP contribution in [0.5, 0.6) is 0 Å². The summed E-state index contributed by atoms with van der Waals surface area (Å²) in [5.74, 6) is -1.27. The van der Waals surface area contributed by atoms with Gasteiger partial charge in [0, 0.05) is 6.07 Å². The molecule has 1 N–H and O–H groups in total. The minimum atomic E-state index is -4.65. The maximum atomic E-state index is 12.4. The third kappa shape index (κ3) is 3.66. The highest BCUT2D eigenvalue weighted by atomic mass is 32.2. The van der Waals surface area contributed by atoms with Crippen LogP contribution in [-0.4, -0.2) is 13.6 Å². The first-order valence-electron chi connectivity index (χ1n) is 6.34. The maximum absolute atomic E-state index is 12.4. The Morgan fingerprint density at radius 3 is 2.55 bits per heavy atom. The molecule has 22 heavy (non-hydrogen) atoms. The molecule has 0 fully saturated rings. The van der Waals surface area contributed by atoms with Crippen LogP contribution in [0.2, 0.25) is 0 Å². The molecule has 0 saturated carbocycles. The lowest BCUT2D eigenvalue weighted by molar-refractivity contribution is -0.155. The molecule has 0 spiro atoms. The fraction of sp³-hybridized carbons (Fsp3) is 0.308. The molecule has 2 rings (SSSR count). The first kappa shape index (κ1) is 16.5. The van der Waals surface area contributed by atoms with Gasteiger partial charge in [-0.1, -0.05) is 30.3 Å². The van der Waals surface area contributed by atoms with E-state index in [1.165, 1.54) is 6.07 Å². The van der Waals surface area contributed by atoms with Gasteiger partial charge in [0.1, 0.15) is 0 Å². The predicted molar refractivity (Wildman–Crippen MR) is 71.4 cm³/mol. The highest BCUT2D eigenvalue weighted by Gasteiger charge is 2.36. The van der Waals surface area contributed by atoms with Gasteiger partial charge in [0.2, 0.25) is 15.8 Å². The quantitative estimate of drug-likeness (QED) is 0.912. The van der Waals surface area contributed by atoms with E-state index in [4.69, 9.17) is 0 Å². The molecule has 0 amide bonds. The molecule has 9 heteroatoms. The molecule has 0 atom stereocenters. The van der Waals surface area contributed by atoms with E-state index in [0.29, 0.717) is 18.1 Å². The van der Waals surface area contributed by atoms with Gasteiger partial charge in [-0.2, -0.15) is 13.2 Å². The van der Waals surface area contributed by atoms with Gasteiger partial charge >= 0.3 is 6.18 Å². The van der Waals surface area contributed by atoms with Gasteiger partial charge in [-0.3, -0.25) is 0 Å². The molecule has 0 saturated heterocycles. The van der Waals surface area contributed by atoms with Crippen molar-refractivity contribution in [2.75, 3.05) is 0 Å². The van der Waals surface area contributed by atoms with Crippen molar-refractivity contribution >= 4 is 10.0 Å². The average molecular weight is 334 g/mol. The zero-order chi connectivity index (χ0) is 16.4. The topological polar surface area (TPSA) is 72.2 Å². The smallest absolute Gasteiger partial charge is 0.351 e. The Labute approximate surface area is 125 Å². The number of rotatable bonds is 5. The minimum absolute atomic E-state index is 0.0945. The predicted octanol–water partition coefficient (Wildman–Crippen LogP) is 2.73. The van der Waals surface area contributed by atoms with E-state index in [9.17, 15) is 21.6 Å². The molecule has 0 aliphatic rings. The third-order valence-corrected chi connectivity index (χ3v) is 4.43. The molecular formula is C13H13F3N2O3S. The van der Waals surface area contributed by atoms with E-state index in [-0.39, 0.29) is 17.1 Å². The summed E-state index contributed by atoms with van der Waals surface area (Å²) in [6.07, 6.45) is -4.14. The number of nitrogens with zero attached hydrogens (tertiary/aromatic N) is 1. The van der Waals surface area contributed by atoms with Crippen molar-refractivity contribution in [2.45, 2.75) is 31.0 Å². The summed E-state index contributed by atoms with van der Waals surface area (Å²) >= 11 is 0. The van der Waals surface area contributed by atoms with Crippen LogP contribution in [0.15, 0.2) is 39.8 Å². The Hall–Kier alpha value is -1.87. The highest BCUT2D eigenvalue weighted by Crippen LogP contribution is 2.29. The molecule has 1 aromatic carbocycles. The monoisotopic (exact) mass is 334 g/mol. The Morgan fingerprint density at radius 2 is 1.95 bits per heavy atom. The van der Waals surface area contributed by atoms with Crippen LogP contribution in [0.3, 0.4) is 0 Å². The van der Waals surface area contributed by atoms with Crippen LogP contribution < -0.4 is 4.72 Å². The summed E-state index contributed by atoms with van der Waals surface area (Å²) in [4.78, 5) is 0.0945. The summed E-state index contributed by atoms with van der Waals surface area (Å²) in [5.41, 5.74) is 0.469. The molecule has 0 aliphatic heterocycles. The summed E-state index contributed by atoms with van der Waals surface area (Å²) in [6.45, 7) is 1.42. The number of hydrogen-bond donors (Lipinski definition) is 1. The second-order valence-corrected chi connectivity index (χ2v) is 6.20. The van der Waals surface area contributed by atoms with Gasteiger partial charge in [0.05, 0.1) is 17.1 Å². The van der Waals surface area contributed by atoms with E-state index >= 15 is 0 Å². The van der Waals surface area contributed by atoms with Crippen molar-refractivity contribution in [1.29, 1.82) is 0 Å². The second-order valence-electron chi connectivity index (χ2n) is 4.47. The van der Waals surface area contributed by atoms with E-state index < -0.39 is 22.0 Å². The molecule has 0 bridgehead atoms. The van der Waals surface area contributed by atoms with Gasteiger partial charge in [0.25, 0.3) is 0 Å². The van der Waals surface area contributed by atoms with Crippen molar-refractivity contribution in [3.63, 3.8) is 0 Å². The largest absolute Gasteiger partial charge is 0.452 e. The van der Waals surface area contributed by atoms with E-state index in [2.05, 4.69) is 14.4 Å². The van der Waals surface area contributed by atoms with Crippen molar-refractivity contribution < 1.29 is 26.1 Å². The Morgan fingerprint density at radius 1 is 1.27 bits per heavy atom. The lowest BCUT2D eigenvalue weighted by Crippen LogP contribution is -2.24. The molecule has 0 unspecified atom stereocenters. The molecule has 5 nitrogen and oxygen atoms in total. The molecule has 120 valence electrons. The number of sulfonamides is 1. The Bertz CT molecular complexity index is 754. The maximum Gasteiger partial charge on any atom is 0.452 e. The minimum Gasteiger partial charge on any atom is -0.351 e. The normalized spacial score (nSPS) is 12.5. The average Bonchev–Trinajstić information content (AvgIpc) is 2.94. The van der Waals surface area contributed by atoms with Crippen molar-refractivity contribution in [3.05, 3.63) is 47.3 Å². The Kier molecular flexibility index (Phi) is 4.57. The van der Waals surface area contributed by atoms with E-state index in [0.717, 1.165) is 0 Å². The fourth-order valence-electron chi connectivity index (χ4n) is 1.83. The summed E-state index contributed by atoms with van der Waals surface area (Å²) in [5, 5.41) is 3.20. The molecule has 1 aromatic heterocycles. The summed E-state index contributed by atoms with van der Waals surface area (Å²) < 4.78 is 67.8. The number of nitrogens with one attached hydrogen (secondary N) is 1. The van der Waals surface area contributed by atoms with E-state index in [1.54, 1.807) is 18.2 Å². The summed E-state index contributed by atoms with van der Waals surface area (Å²) in [7, 11) is -3.84. The van der Waals surface area contributed by atoms with Crippen LogP contribution >= 0.6 is 0 Å². The number of alkyl halides is 3. The standard InChI is InChI=1S/C13H13F3N2O3S/c1-2-9-5-3-4-6-11(9)22(19,20)17-8-10-7-12(21-18-10)13(14,15)16/h3-7,17H,2,8H2,1H3. The zero-order valence-corrected chi connectivity index (χ0v) is 12.3. The van der Waals surface area contributed by atoms with Gasteiger partial charge in [-0.05, 0) is 18.1 Å². The lowest BCUT2D eigenvalue weighted by atomic mass is 10.2. The van der Waals surface area contributed by atoms with Gasteiger partial charge in [0.15, 0.2) is 0 Å². The molecular weight excluding hydrogens is 321 g/mol. The lowest BCUT2D eigenvalue weighted by Gasteiger charge is -2.09.